The van der Waals surface area contributed by atoms with E-state index in [-0.39, 0.29) is 0 Å². The molecule has 1 rings (SSSR count). The minimum atomic E-state index is -1.71. The highest BCUT2D eigenvalue weighted by Gasteiger charge is 2.04. The summed E-state index contributed by atoms with van der Waals surface area (Å²) < 4.78 is 15.0. The summed E-state index contributed by atoms with van der Waals surface area (Å²) in [5.74, 6) is 0.812. The molecule has 0 aliphatic carbocycles. The molecule has 0 spiro atoms. The largest absolute Gasteiger partial charge is 0.250 e. The first-order valence-corrected chi connectivity index (χ1v) is 4.95. The van der Waals surface area contributed by atoms with Crippen LogP contribution in [0.2, 0.25) is 0 Å². The van der Waals surface area contributed by atoms with Gasteiger partial charge in [-0.15, -0.1) is 0 Å². The van der Waals surface area contributed by atoms with Gasteiger partial charge >= 0.3 is 0 Å². The van der Waals surface area contributed by atoms with E-state index in [0.29, 0.717) is 0 Å². The monoisotopic (exact) mass is 133 g/mol. The van der Waals surface area contributed by atoms with E-state index in [2.05, 4.69) is 4.36 Å². The SMILES string of the molecule is CS1(=O)=NCCCC1. The predicted molar refractivity (Wildman–Crippen MR) is 35.5 cm³/mol. The van der Waals surface area contributed by atoms with Crippen molar-refractivity contribution in [3.8, 4) is 0 Å². The maximum atomic E-state index is 11.0. The highest BCUT2D eigenvalue weighted by molar-refractivity contribution is 7.92. The molecule has 0 aromatic heterocycles. The Morgan fingerprint density at radius 3 is 2.50 bits per heavy atom. The van der Waals surface area contributed by atoms with Crippen molar-refractivity contribution < 1.29 is 4.21 Å². The molecular weight excluding hydrogens is 122 g/mol. The van der Waals surface area contributed by atoms with Gasteiger partial charge in [-0.3, -0.25) is 4.21 Å². The average molecular weight is 133 g/mol. The molecule has 1 unspecified atom stereocenters. The van der Waals surface area contributed by atoms with Crippen LogP contribution in [0.15, 0.2) is 4.36 Å². The van der Waals surface area contributed by atoms with Crippen molar-refractivity contribution in [2.24, 2.45) is 4.36 Å². The molecule has 3 heteroatoms. The fourth-order valence-electron chi connectivity index (χ4n) is 0.804. The Bertz CT molecular complexity index is 179. The lowest BCUT2D eigenvalue weighted by atomic mass is 10.3. The summed E-state index contributed by atoms with van der Waals surface area (Å²) in [5.41, 5.74) is 0. The van der Waals surface area contributed by atoms with Crippen molar-refractivity contribution in [2.45, 2.75) is 12.8 Å². The summed E-state index contributed by atoms with van der Waals surface area (Å²) in [6.07, 6.45) is 3.97. The zero-order valence-electron chi connectivity index (χ0n) is 5.09. The lowest BCUT2D eigenvalue weighted by Crippen LogP contribution is -2.09. The molecule has 0 radical (unpaired) electrons. The van der Waals surface area contributed by atoms with Gasteiger partial charge in [-0.05, 0) is 12.8 Å². The first-order valence-electron chi connectivity index (χ1n) is 2.86. The molecule has 0 aromatic carbocycles. The Morgan fingerprint density at radius 1 is 1.50 bits per heavy atom. The summed E-state index contributed by atoms with van der Waals surface area (Å²) in [4.78, 5) is 0. The maximum Gasteiger partial charge on any atom is 0.0484 e. The zero-order valence-corrected chi connectivity index (χ0v) is 5.91. The summed E-state index contributed by atoms with van der Waals surface area (Å²) in [7, 11) is -1.71. The molecule has 1 heterocycles. The van der Waals surface area contributed by atoms with Crippen LogP contribution >= 0.6 is 0 Å². The van der Waals surface area contributed by atoms with Gasteiger partial charge in [-0.1, -0.05) is 0 Å². The van der Waals surface area contributed by atoms with Crippen molar-refractivity contribution in [3.05, 3.63) is 0 Å². The van der Waals surface area contributed by atoms with Gasteiger partial charge in [-0.2, -0.15) is 0 Å². The lowest BCUT2D eigenvalue weighted by Gasteiger charge is -2.08. The van der Waals surface area contributed by atoms with Crippen LogP contribution < -0.4 is 0 Å². The minimum absolute atomic E-state index is 0.812. The number of hydrogen-bond acceptors (Lipinski definition) is 2. The molecule has 1 atom stereocenters. The molecule has 0 aromatic rings. The highest BCUT2D eigenvalue weighted by atomic mass is 32.2. The normalized spacial score (nSPS) is 38.6. The fourth-order valence-corrected chi connectivity index (χ4v) is 2.19. The molecule has 48 valence electrons. The van der Waals surface area contributed by atoms with E-state index in [4.69, 9.17) is 0 Å². The molecule has 2 nitrogen and oxygen atoms in total. The number of rotatable bonds is 0. The van der Waals surface area contributed by atoms with E-state index in [1.807, 2.05) is 0 Å². The van der Waals surface area contributed by atoms with Crippen molar-refractivity contribution in [2.75, 3.05) is 18.6 Å². The van der Waals surface area contributed by atoms with Gasteiger partial charge in [0.05, 0.1) is 0 Å². The van der Waals surface area contributed by atoms with E-state index in [0.717, 1.165) is 25.1 Å². The Morgan fingerprint density at radius 2 is 2.25 bits per heavy atom. The van der Waals surface area contributed by atoms with Crippen LogP contribution in [0.4, 0.5) is 0 Å². The van der Waals surface area contributed by atoms with E-state index in [1.54, 1.807) is 6.26 Å². The van der Waals surface area contributed by atoms with Crippen LogP contribution in [0.1, 0.15) is 12.8 Å². The molecule has 8 heavy (non-hydrogen) atoms. The number of hydrogen-bond donors (Lipinski definition) is 0. The van der Waals surface area contributed by atoms with Crippen LogP contribution in [0, 0.1) is 0 Å². The summed E-state index contributed by atoms with van der Waals surface area (Å²) in [6.45, 7) is 0.815. The Balaban J connectivity index is 2.79. The lowest BCUT2D eigenvalue weighted by molar-refractivity contribution is 0.663. The predicted octanol–water partition coefficient (Wildman–Crippen LogP) is 0.878. The summed E-state index contributed by atoms with van der Waals surface area (Å²) >= 11 is 0. The van der Waals surface area contributed by atoms with Crippen LogP contribution in [-0.2, 0) is 9.73 Å². The van der Waals surface area contributed by atoms with Crippen molar-refractivity contribution >= 4 is 9.73 Å². The van der Waals surface area contributed by atoms with Gasteiger partial charge in [0.25, 0.3) is 0 Å². The Hall–Kier alpha value is -0.0500. The van der Waals surface area contributed by atoms with Gasteiger partial charge in [-0.25, -0.2) is 4.36 Å². The molecule has 0 saturated carbocycles. The molecule has 0 fully saturated rings. The van der Waals surface area contributed by atoms with Gasteiger partial charge in [0.15, 0.2) is 0 Å². The van der Waals surface area contributed by atoms with Crippen molar-refractivity contribution in [1.82, 2.24) is 0 Å². The second kappa shape index (κ2) is 2.05. The van der Waals surface area contributed by atoms with E-state index >= 15 is 0 Å². The first kappa shape index (κ1) is 6.08. The molecule has 0 amide bonds. The van der Waals surface area contributed by atoms with Crippen LogP contribution in [-0.4, -0.2) is 22.8 Å². The van der Waals surface area contributed by atoms with Crippen LogP contribution in [0.5, 0.6) is 0 Å². The van der Waals surface area contributed by atoms with E-state index in [9.17, 15) is 4.21 Å². The zero-order chi connectivity index (χ0) is 6.04. The molecule has 1 aliphatic rings. The quantitative estimate of drug-likeness (QED) is 0.482. The smallest absolute Gasteiger partial charge is 0.0484 e. The summed E-state index contributed by atoms with van der Waals surface area (Å²) in [5, 5.41) is 0. The van der Waals surface area contributed by atoms with Crippen LogP contribution in [0.25, 0.3) is 0 Å². The Labute approximate surface area is 50.5 Å². The van der Waals surface area contributed by atoms with Crippen LogP contribution in [0.3, 0.4) is 0 Å². The molecule has 0 bridgehead atoms. The second-order valence-corrected chi connectivity index (χ2v) is 4.81. The maximum absolute atomic E-state index is 11.0. The third kappa shape index (κ3) is 1.47. The molecule has 1 aliphatic heterocycles. The van der Waals surface area contributed by atoms with Gasteiger partial charge < -0.3 is 0 Å². The topological polar surface area (TPSA) is 29.4 Å². The third-order valence-electron chi connectivity index (χ3n) is 1.30. The molecule has 0 N–H and O–H groups in total. The standard InChI is InChI=1S/C5H11NOS/c1-8(7)5-3-2-4-6-8/h2-5H2,1H3. The third-order valence-corrected chi connectivity index (χ3v) is 3.07. The Kier molecular flexibility index (Phi) is 1.56. The number of nitrogens with zero attached hydrogens (tertiary/aromatic N) is 1. The molecule has 0 saturated heterocycles. The molecular formula is C5H11NOS. The average Bonchev–Trinajstić information content (AvgIpc) is 1.65. The van der Waals surface area contributed by atoms with Crippen molar-refractivity contribution in [3.63, 3.8) is 0 Å². The summed E-state index contributed by atoms with van der Waals surface area (Å²) in [6, 6.07) is 0. The highest BCUT2D eigenvalue weighted by Crippen LogP contribution is 2.05. The van der Waals surface area contributed by atoms with Gasteiger partial charge in [0, 0.05) is 28.3 Å². The second-order valence-electron chi connectivity index (χ2n) is 2.22. The minimum Gasteiger partial charge on any atom is -0.250 e. The van der Waals surface area contributed by atoms with Gasteiger partial charge in [0.1, 0.15) is 0 Å². The van der Waals surface area contributed by atoms with E-state index < -0.39 is 9.73 Å². The fraction of sp³-hybridized carbons (Fsp3) is 1.00. The van der Waals surface area contributed by atoms with Gasteiger partial charge in [0.2, 0.25) is 0 Å². The first-order chi connectivity index (χ1) is 3.71. The van der Waals surface area contributed by atoms with E-state index in [1.165, 1.54) is 0 Å². The van der Waals surface area contributed by atoms with Crippen molar-refractivity contribution in [1.29, 1.82) is 0 Å².